The summed E-state index contributed by atoms with van der Waals surface area (Å²) in [5, 5.41) is 0.723. The lowest BCUT2D eigenvalue weighted by Gasteiger charge is -2.31. The van der Waals surface area contributed by atoms with E-state index in [0.29, 0.717) is 5.92 Å². The summed E-state index contributed by atoms with van der Waals surface area (Å²) in [4.78, 5) is 0. The Bertz CT molecular complexity index is 411. The number of halogens is 3. The summed E-state index contributed by atoms with van der Waals surface area (Å²) in [6.07, 6.45) is 4.98. The predicted molar refractivity (Wildman–Crippen MR) is 111 cm³/mol. The van der Waals surface area contributed by atoms with E-state index in [2.05, 4.69) is 56.6 Å². The van der Waals surface area contributed by atoms with E-state index in [0.717, 1.165) is 26.1 Å². The van der Waals surface area contributed by atoms with Crippen molar-refractivity contribution in [2.24, 2.45) is 11.7 Å². The second kappa shape index (κ2) is 12.9. The van der Waals surface area contributed by atoms with Crippen molar-refractivity contribution in [3.05, 3.63) is 19.6 Å². The van der Waals surface area contributed by atoms with Crippen molar-refractivity contribution in [1.29, 1.82) is 0 Å². The van der Waals surface area contributed by atoms with Gasteiger partial charge in [0.05, 0.1) is 17.1 Å². The summed E-state index contributed by atoms with van der Waals surface area (Å²) in [6.45, 7) is 11.4. The second-order valence-electron chi connectivity index (χ2n) is 5.58. The minimum atomic E-state index is -0.148. The molecule has 0 spiro atoms. The molecule has 3 nitrogen and oxygen atoms in total. The largest absolute Gasteiger partial charge is 0.322 e. The minimum absolute atomic E-state index is 0.0562. The fraction of sp³-hybridized carbons (Fsp3) is 0.765. The first kappa shape index (κ1) is 23.6. The Hall–Kier alpha value is 0.610. The summed E-state index contributed by atoms with van der Waals surface area (Å²) in [6, 6.07) is -0.204. The van der Waals surface area contributed by atoms with E-state index >= 15 is 0 Å². The standard InChI is InChI=1S/C15H26Br2ClN3.C2H6/c1-4-6-7-10(5-2)8-20-21-15-12(17)13(18)9(3)11(16)14(15)19;1-2/h10,14-15,20-21H,4-8,19H2,1-3H3;1-2H3. The van der Waals surface area contributed by atoms with E-state index in [4.69, 9.17) is 17.3 Å². The molecule has 1 aliphatic carbocycles. The molecule has 1 rings (SSSR count). The molecule has 0 saturated heterocycles. The molecule has 0 aromatic rings. The van der Waals surface area contributed by atoms with Crippen molar-refractivity contribution in [2.45, 2.75) is 72.4 Å². The van der Waals surface area contributed by atoms with Gasteiger partial charge < -0.3 is 5.73 Å². The van der Waals surface area contributed by atoms with Crippen LogP contribution in [0.2, 0.25) is 0 Å². The van der Waals surface area contributed by atoms with Crippen LogP contribution in [0.1, 0.15) is 60.3 Å². The van der Waals surface area contributed by atoms with E-state index in [9.17, 15) is 0 Å². The van der Waals surface area contributed by atoms with Crippen molar-refractivity contribution in [2.75, 3.05) is 6.54 Å². The lowest BCUT2D eigenvalue weighted by Crippen LogP contribution is -2.53. The molecule has 23 heavy (non-hydrogen) atoms. The number of hydrogen-bond donors (Lipinski definition) is 3. The monoisotopic (exact) mass is 471 g/mol. The van der Waals surface area contributed by atoms with Gasteiger partial charge in [-0.3, -0.25) is 5.43 Å². The fourth-order valence-corrected chi connectivity index (χ4v) is 3.88. The molecule has 0 bridgehead atoms. The maximum Gasteiger partial charge on any atom is 0.0740 e. The molecule has 0 saturated carbocycles. The highest BCUT2D eigenvalue weighted by atomic mass is 79.9. The summed E-state index contributed by atoms with van der Waals surface area (Å²) in [5.74, 6) is 0.691. The fourth-order valence-electron chi connectivity index (χ4n) is 2.38. The second-order valence-corrected chi connectivity index (χ2v) is 7.67. The Morgan fingerprint density at radius 2 is 1.83 bits per heavy atom. The van der Waals surface area contributed by atoms with Gasteiger partial charge in [0, 0.05) is 15.5 Å². The maximum absolute atomic E-state index is 6.33. The summed E-state index contributed by atoms with van der Waals surface area (Å²) in [7, 11) is 0. The normalized spacial score (nSPS) is 22.8. The van der Waals surface area contributed by atoms with Crippen LogP contribution in [0.4, 0.5) is 0 Å². The number of nitrogens with one attached hydrogen (secondary N) is 2. The van der Waals surface area contributed by atoms with Gasteiger partial charge in [0.15, 0.2) is 0 Å². The zero-order chi connectivity index (χ0) is 18.0. The van der Waals surface area contributed by atoms with Gasteiger partial charge in [-0.2, -0.15) is 0 Å². The lowest BCUT2D eigenvalue weighted by atomic mass is 9.99. The summed E-state index contributed by atoms with van der Waals surface area (Å²) < 4.78 is 1.86. The lowest BCUT2D eigenvalue weighted by molar-refractivity contribution is 0.363. The first-order valence-electron chi connectivity index (χ1n) is 8.59. The molecule has 0 heterocycles. The topological polar surface area (TPSA) is 50.1 Å². The van der Waals surface area contributed by atoms with Crippen molar-refractivity contribution in [3.8, 4) is 0 Å². The Balaban J connectivity index is 0.00000232. The number of nitrogens with two attached hydrogens (primary N) is 1. The van der Waals surface area contributed by atoms with E-state index < -0.39 is 0 Å². The molecule has 1 aliphatic rings. The minimum Gasteiger partial charge on any atom is -0.322 e. The quantitative estimate of drug-likeness (QED) is 0.405. The smallest absolute Gasteiger partial charge is 0.0740 e. The third-order valence-electron chi connectivity index (χ3n) is 4.01. The van der Waals surface area contributed by atoms with Gasteiger partial charge in [0.25, 0.3) is 0 Å². The number of rotatable bonds is 8. The maximum atomic E-state index is 6.33. The summed E-state index contributed by atoms with van der Waals surface area (Å²) in [5.41, 5.74) is 13.9. The van der Waals surface area contributed by atoms with Crippen molar-refractivity contribution in [3.63, 3.8) is 0 Å². The van der Waals surface area contributed by atoms with Crippen LogP contribution in [-0.2, 0) is 0 Å². The molecule has 4 N–H and O–H groups in total. The molecule has 0 aliphatic heterocycles. The van der Waals surface area contributed by atoms with Gasteiger partial charge in [0.1, 0.15) is 0 Å². The molecule has 0 aromatic carbocycles. The zero-order valence-electron chi connectivity index (χ0n) is 15.0. The SMILES string of the molecule is CC.CCCCC(CC)CNNC1C(Br)=C(Cl)C(C)=C(Br)C1N. The molecular weight excluding hydrogens is 441 g/mol. The van der Waals surface area contributed by atoms with Gasteiger partial charge in [-0.25, -0.2) is 5.43 Å². The van der Waals surface area contributed by atoms with Crippen LogP contribution in [-0.4, -0.2) is 18.6 Å². The van der Waals surface area contributed by atoms with Crippen molar-refractivity contribution >= 4 is 43.5 Å². The van der Waals surface area contributed by atoms with Crippen LogP contribution in [0.5, 0.6) is 0 Å². The van der Waals surface area contributed by atoms with Crippen LogP contribution < -0.4 is 16.6 Å². The number of allylic oxidation sites excluding steroid dienone is 2. The summed E-state index contributed by atoms with van der Waals surface area (Å²) >= 11 is 13.4. The molecule has 3 atom stereocenters. The first-order valence-corrected chi connectivity index (χ1v) is 10.6. The van der Waals surface area contributed by atoms with Crippen LogP contribution >= 0.6 is 43.5 Å². The van der Waals surface area contributed by atoms with Crippen LogP contribution in [0.15, 0.2) is 19.6 Å². The van der Waals surface area contributed by atoms with E-state index in [1.807, 2.05) is 20.8 Å². The van der Waals surface area contributed by atoms with E-state index in [1.165, 1.54) is 25.7 Å². The molecule has 136 valence electrons. The molecule has 0 fully saturated rings. The van der Waals surface area contributed by atoms with Crippen molar-refractivity contribution < 1.29 is 0 Å². The highest BCUT2D eigenvalue weighted by molar-refractivity contribution is 9.12. The molecular formula is C17H32Br2ClN3. The van der Waals surface area contributed by atoms with Crippen LogP contribution in [0, 0.1) is 5.92 Å². The van der Waals surface area contributed by atoms with Gasteiger partial charge in [-0.1, -0.05) is 90.4 Å². The molecule has 3 unspecified atom stereocenters. The zero-order valence-corrected chi connectivity index (χ0v) is 18.9. The molecule has 0 amide bonds. The van der Waals surface area contributed by atoms with E-state index in [1.54, 1.807) is 0 Å². The van der Waals surface area contributed by atoms with Crippen LogP contribution in [0.25, 0.3) is 0 Å². The highest BCUT2D eigenvalue weighted by Crippen LogP contribution is 2.37. The Morgan fingerprint density at radius 3 is 2.35 bits per heavy atom. The molecule has 0 radical (unpaired) electrons. The number of hydrazine groups is 1. The third kappa shape index (κ3) is 7.17. The first-order chi connectivity index (χ1) is 10.9. The van der Waals surface area contributed by atoms with Gasteiger partial charge >= 0.3 is 0 Å². The van der Waals surface area contributed by atoms with Gasteiger partial charge in [0.2, 0.25) is 0 Å². The number of hydrogen-bond acceptors (Lipinski definition) is 3. The average molecular weight is 474 g/mol. The van der Waals surface area contributed by atoms with Gasteiger partial charge in [-0.05, 0) is 24.8 Å². The van der Waals surface area contributed by atoms with Crippen molar-refractivity contribution in [1.82, 2.24) is 10.9 Å². The molecule has 6 heteroatoms. The molecule has 0 aromatic heterocycles. The Kier molecular flexibility index (Phi) is 13.2. The highest BCUT2D eigenvalue weighted by Gasteiger charge is 2.31. The predicted octanol–water partition coefficient (Wildman–Crippen LogP) is 5.55. The van der Waals surface area contributed by atoms with Crippen LogP contribution in [0.3, 0.4) is 0 Å². The average Bonchev–Trinajstić information content (AvgIpc) is 2.58. The Morgan fingerprint density at radius 1 is 1.22 bits per heavy atom. The number of unbranched alkanes of at least 4 members (excludes halogenated alkanes) is 1. The van der Waals surface area contributed by atoms with Gasteiger partial charge in [-0.15, -0.1) is 0 Å². The third-order valence-corrected chi connectivity index (χ3v) is 6.74. The Labute approximate surface area is 164 Å². The van der Waals surface area contributed by atoms with E-state index in [-0.39, 0.29) is 12.1 Å².